The van der Waals surface area contributed by atoms with Gasteiger partial charge in [-0.25, -0.2) is 0 Å². The third-order valence-corrected chi connectivity index (χ3v) is 5.67. The summed E-state index contributed by atoms with van der Waals surface area (Å²) in [5.74, 6) is -0.346. The van der Waals surface area contributed by atoms with E-state index in [2.05, 4.69) is 25.8 Å². The number of fused-ring (bicyclic) bond motifs is 1. The first kappa shape index (κ1) is 22.8. The van der Waals surface area contributed by atoms with Crippen LogP contribution in [0.15, 0.2) is 30.5 Å². The number of piperidine rings is 1. The van der Waals surface area contributed by atoms with Gasteiger partial charge in [0.15, 0.2) is 0 Å². The average Bonchev–Trinajstić information content (AvgIpc) is 3.16. The number of benzene rings is 1. The second-order valence-corrected chi connectivity index (χ2v) is 8.23. The van der Waals surface area contributed by atoms with Gasteiger partial charge in [0.2, 0.25) is 17.7 Å². The molecule has 1 fully saturated rings. The number of H-pyrrole nitrogens is 1. The molecule has 1 aromatic heterocycles. The molecule has 2 aromatic rings. The summed E-state index contributed by atoms with van der Waals surface area (Å²) in [6, 6.07) is 7.33. The molecule has 8 nitrogen and oxygen atoms in total. The Morgan fingerprint density at radius 1 is 1.19 bits per heavy atom. The van der Waals surface area contributed by atoms with Crippen molar-refractivity contribution in [3.8, 4) is 0 Å². The molecule has 4 N–H and O–H groups in total. The summed E-state index contributed by atoms with van der Waals surface area (Å²) in [7, 11) is 0. The van der Waals surface area contributed by atoms with Crippen LogP contribution in [0.1, 0.15) is 38.7 Å². The number of carbonyl (C=O) groups is 3. The van der Waals surface area contributed by atoms with Crippen LogP contribution in [0.4, 0.5) is 0 Å². The number of carbonyl (C=O) groups excluding carboxylic acids is 3. The van der Waals surface area contributed by atoms with Crippen molar-refractivity contribution < 1.29 is 14.4 Å². The van der Waals surface area contributed by atoms with Gasteiger partial charge in [-0.05, 0) is 30.9 Å². The van der Waals surface area contributed by atoms with Crippen molar-refractivity contribution in [2.24, 2.45) is 0 Å². The number of para-hydroxylation sites is 1. The van der Waals surface area contributed by atoms with Crippen molar-refractivity contribution in [1.82, 2.24) is 25.8 Å². The molecule has 1 aromatic carbocycles. The van der Waals surface area contributed by atoms with Crippen LogP contribution >= 0.6 is 0 Å². The van der Waals surface area contributed by atoms with E-state index in [1.54, 1.807) is 0 Å². The number of nitrogens with zero attached hydrogens (tertiary/aromatic N) is 1. The van der Waals surface area contributed by atoms with E-state index in [0.717, 1.165) is 48.8 Å². The molecule has 1 unspecified atom stereocenters. The number of aromatic amines is 1. The molecular weight excluding hydrogens is 394 g/mol. The van der Waals surface area contributed by atoms with Gasteiger partial charge in [-0.2, -0.15) is 0 Å². The number of hydrogen-bond acceptors (Lipinski definition) is 4. The number of hydrogen-bond donors (Lipinski definition) is 4. The zero-order valence-corrected chi connectivity index (χ0v) is 18.4. The molecule has 3 rings (SSSR count). The van der Waals surface area contributed by atoms with E-state index in [9.17, 15) is 14.4 Å². The molecule has 31 heavy (non-hydrogen) atoms. The van der Waals surface area contributed by atoms with Gasteiger partial charge in [-0.1, -0.05) is 25.1 Å². The van der Waals surface area contributed by atoms with Crippen LogP contribution < -0.4 is 16.0 Å². The first-order chi connectivity index (χ1) is 15.0. The van der Waals surface area contributed by atoms with Gasteiger partial charge >= 0.3 is 0 Å². The van der Waals surface area contributed by atoms with Crippen LogP contribution in [0.2, 0.25) is 0 Å². The highest BCUT2D eigenvalue weighted by atomic mass is 16.2. The van der Waals surface area contributed by atoms with Crippen LogP contribution in [0.25, 0.3) is 10.9 Å². The molecule has 0 saturated carbocycles. The fraction of sp³-hybridized carbons (Fsp3) is 0.522. The summed E-state index contributed by atoms with van der Waals surface area (Å²) >= 11 is 0. The third kappa shape index (κ3) is 6.55. The lowest BCUT2D eigenvalue weighted by Crippen LogP contribution is -2.53. The molecule has 0 radical (unpaired) electrons. The molecule has 1 aliphatic rings. The summed E-state index contributed by atoms with van der Waals surface area (Å²) in [4.78, 5) is 41.9. The monoisotopic (exact) mass is 427 g/mol. The highest BCUT2D eigenvalue weighted by Gasteiger charge is 2.26. The van der Waals surface area contributed by atoms with Crippen LogP contribution in [-0.2, 0) is 20.8 Å². The normalized spacial score (nSPS) is 16.1. The molecular formula is C23H33N5O3. The average molecular weight is 428 g/mol. The van der Waals surface area contributed by atoms with E-state index < -0.39 is 6.04 Å². The van der Waals surface area contributed by atoms with Gasteiger partial charge < -0.3 is 20.9 Å². The maximum absolute atomic E-state index is 13.0. The van der Waals surface area contributed by atoms with Crippen molar-refractivity contribution in [2.75, 3.05) is 26.2 Å². The number of likely N-dealkylation sites (tertiary alicyclic amines) is 1. The van der Waals surface area contributed by atoms with E-state index in [-0.39, 0.29) is 23.8 Å². The van der Waals surface area contributed by atoms with E-state index in [4.69, 9.17) is 0 Å². The first-order valence-corrected chi connectivity index (χ1v) is 11.1. The fourth-order valence-corrected chi connectivity index (χ4v) is 4.04. The smallest absolute Gasteiger partial charge is 0.243 e. The maximum Gasteiger partial charge on any atom is 0.243 e. The van der Waals surface area contributed by atoms with Crippen LogP contribution in [0.3, 0.4) is 0 Å². The number of aromatic nitrogens is 1. The lowest BCUT2D eigenvalue weighted by atomic mass is 10.0. The molecule has 1 atom stereocenters. The highest BCUT2D eigenvalue weighted by Crippen LogP contribution is 2.19. The lowest BCUT2D eigenvalue weighted by Gasteiger charge is -2.32. The van der Waals surface area contributed by atoms with Crippen molar-refractivity contribution in [3.63, 3.8) is 0 Å². The molecule has 168 valence electrons. The van der Waals surface area contributed by atoms with E-state index in [1.807, 2.05) is 37.4 Å². The SMILES string of the molecule is CCCNC(=O)CN1CCC(NC(=O)C(Cc2c[nH]c3ccccc23)NC(C)=O)CC1. The minimum atomic E-state index is -0.630. The van der Waals surface area contributed by atoms with Gasteiger partial charge in [-0.3, -0.25) is 19.3 Å². The van der Waals surface area contributed by atoms with Crippen LogP contribution in [0.5, 0.6) is 0 Å². The third-order valence-electron chi connectivity index (χ3n) is 5.67. The van der Waals surface area contributed by atoms with E-state index >= 15 is 0 Å². The predicted octanol–water partition coefficient (Wildman–Crippen LogP) is 1.32. The molecule has 0 bridgehead atoms. The molecule has 0 aliphatic carbocycles. The Morgan fingerprint density at radius 2 is 1.94 bits per heavy atom. The van der Waals surface area contributed by atoms with Gasteiger partial charge in [0.25, 0.3) is 0 Å². The minimum absolute atomic E-state index is 0.0432. The Kier molecular flexibility index (Phi) is 8.06. The Hall–Kier alpha value is -2.87. The molecule has 0 spiro atoms. The second-order valence-electron chi connectivity index (χ2n) is 8.23. The molecule has 1 saturated heterocycles. The lowest BCUT2D eigenvalue weighted by molar-refractivity contribution is -0.128. The number of amides is 3. The molecule has 1 aliphatic heterocycles. The maximum atomic E-state index is 13.0. The summed E-state index contributed by atoms with van der Waals surface area (Å²) in [6.07, 6.45) is 4.81. The van der Waals surface area contributed by atoms with Crippen molar-refractivity contribution in [2.45, 2.75) is 51.6 Å². The first-order valence-electron chi connectivity index (χ1n) is 11.1. The van der Waals surface area contributed by atoms with Crippen LogP contribution in [-0.4, -0.2) is 65.9 Å². The van der Waals surface area contributed by atoms with Gasteiger partial charge in [0, 0.05) is 56.1 Å². The standard InChI is InChI=1S/C23H33N5O3/c1-3-10-24-22(30)15-28-11-8-18(9-12-28)27-23(31)21(26-16(2)29)13-17-14-25-20-7-5-4-6-19(17)20/h4-7,14,18,21,25H,3,8-13,15H2,1-2H3,(H,24,30)(H,26,29)(H,27,31). The Labute approximate surface area is 183 Å². The van der Waals surface area contributed by atoms with Gasteiger partial charge in [0.1, 0.15) is 6.04 Å². The van der Waals surface area contributed by atoms with E-state index in [1.165, 1.54) is 6.92 Å². The number of nitrogens with one attached hydrogen (secondary N) is 4. The Balaban J connectivity index is 1.54. The van der Waals surface area contributed by atoms with Crippen molar-refractivity contribution in [3.05, 3.63) is 36.0 Å². The summed E-state index contributed by atoms with van der Waals surface area (Å²) in [6.45, 7) is 6.08. The zero-order valence-electron chi connectivity index (χ0n) is 18.4. The zero-order chi connectivity index (χ0) is 22.2. The highest BCUT2D eigenvalue weighted by molar-refractivity contribution is 5.89. The number of rotatable bonds is 9. The Morgan fingerprint density at radius 3 is 2.65 bits per heavy atom. The predicted molar refractivity (Wildman–Crippen MR) is 121 cm³/mol. The topological polar surface area (TPSA) is 106 Å². The minimum Gasteiger partial charge on any atom is -0.361 e. The fourth-order valence-electron chi connectivity index (χ4n) is 4.04. The Bertz CT molecular complexity index is 902. The summed E-state index contributed by atoms with van der Waals surface area (Å²) < 4.78 is 0. The van der Waals surface area contributed by atoms with Crippen LogP contribution in [0, 0.1) is 0 Å². The van der Waals surface area contributed by atoms with E-state index in [0.29, 0.717) is 19.5 Å². The summed E-state index contributed by atoms with van der Waals surface area (Å²) in [5, 5.41) is 9.85. The molecule has 8 heteroatoms. The molecule has 3 amide bonds. The summed E-state index contributed by atoms with van der Waals surface area (Å²) in [5.41, 5.74) is 2.01. The second kappa shape index (κ2) is 10.9. The quantitative estimate of drug-likeness (QED) is 0.484. The van der Waals surface area contributed by atoms with Crippen molar-refractivity contribution in [1.29, 1.82) is 0 Å². The van der Waals surface area contributed by atoms with Gasteiger partial charge in [0.05, 0.1) is 6.54 Å². The molecule has 2 heterocycles. The largest absolute Gasteiger partial charge is 0.361 e. The van der Waals surface area contributed by atoms with Gasteiger partial charge in [-0.15, -0.1) is 0 Å². The van der Waals surface area contributed by atoms with Crippen molar-refractivity contribution >= 4 is 28.6 Å².